The first-order valence-corrected chi connectivity index (χ1v) is 5.13. The van der Waals surface area contributed by atoms with Crippen LogP contribution in [0.4, 0.5) is 0 Å². The highest BCUT2D eigenvalue weighted by Gasteiger charge is 2.11. The van der Waals surface area contributed by atoms with Crippen LogP contribution in [0.2, 0.25) is 0 Å². The maximum Gasteiger partial charge on any atom is 0.157 e. The molecule has 0 aliphatic rings. The van der Waals surface area contributed by atoms with Gasteiger partial charge in [-0.2, -0.15) is 5.10 Å². The van der Waals surface area contributed by atoms with Crippen LogP contribution in [0.15, 0.2) is 16.9 Å². The Bertz CT molecular complexity index is 296. The molecule has 1 heterocycles. The molecule has 0 saturated heterocycles. The lowest BCUT2D eigenvalue weighted by Gasteiger charge is -2.06. The van der Waals surface area contributed by atoms with Crippen molar-refractivity contribution in [2.24, 2.45) is 5.92 Å². The summed E-state index contributed by atoms with van der Waals surface area (Å²) in [4.78, 5) is 11.5. The highest BCUT2D eigenvalue weighted by molar-refractivity contribution is 9.10. The van der Waals surface area contributed by atoms with Gasteiger partial charge in [-0.25, -0.2) is 0 Å². The molecule has 0 spiro atoms. The van der Waals surface area contributed by atoms with E-state index in [0.717, 1.165) is 10.9 Å². The fourth-order valence-corrected chi connectivity index (χ4v) is 1.30. The summed E-state index contributed by atoms with van der Waals surface area (Å²) in [5.41, 5.74) is 0. The van der Waals surface area contributed by atoms with Crippen molar-refractivity contribution in [1.82, 2.24) is 9.78 Å². The number of aromatic nitrogens is 2. The lowest BCUT2D eigenvalue weighted by molar-refractivity contribution is -0.123. The minimum atomic E-state index is 0.128. The predicted molar refractivity (Wildman–Crippen MR) is 54.4 cm³/mol. The van der Waals surface area contributed by atoms with Gasteiger partial charge in [-0.05, 0) is 22.4 Å². The number of halogens is 1. The van der Waals surface area contributed by atoms with Crippen molar-refractivity contribution >= 4 is 21.7 Å². The zero-order chi connectivity index (χ0) is 9.84. The van der Waals surface area contributed by atoms with Crippen LogP contribution in [0.25, 0.3) is 0 Å². The van der Waals surface area contributed by atoms with Crippen LogP contribution >= 0.6 is 15.9 Å². The van der Waals surface area contributed by atoms with Crippen molar-refractivity contribution in [2.75, 3.05) is 0 Å². The first kappa shape index (κ1) is 10.4. The summed E-state index contributed by atoms with van der Waals surface area (Å²) in [5.74, 6) is 0.362. The Morgan fingerprint density at radius 3 is 2.92 bits per heavy atom. The number of hydrogen-bond donors (Lipinski definition) is 0. The molecule has 0 aromatic carbocycles. The number of ketones is 1. The van der Waals surface area contributed by atoms with Crippen LogP contribution < -0.4 is 0 Å². The van der Waals surface area contributed by atoms with Crippen molar-refractivity contribution < 1.29 is 4.79 Å². The number of hydrogen-bond acceptors (Lipinski definition) is 2. The highest BCUT2D eigenvalue weighted by atomic mass is 79.9. The van der Waals surface area contributed by atoms with Gasteiger partial charge in [0.1, 0.15) is 0 Å². The largest absolute Gasteiger partial charge is 0.297 e. The molecule has 0 aliphatic heterocycles. The number of nitrogens with zero attached hydrogens (tertiary/aromatic N) is 2. The van der Waals surface area contributed by atoms with Gasteiger partial charge in [0.05, 0.1) is 17.2 Å². The van der Waals surface area contributed by atoms with Gasteiger partial charge in [0.25, 0.3) is 0 Å². The van der Waals surface area contributed by atoms with E-state index in [2.05, 4.69) is 21.0 Å². The Kier molecular flexibility index (Phi) is 3.66. The van der Waals surface area contributed by atoms with E-state index < -0.39 is 0 Å². The van der Waals surface area contributed by atoms with Crippen LogP contribution in [0.1, 0.15) is 20.3 Å². The molecule has 1 aromatic heterocycles. The second kappa shape index (κ2) is 4.56. The van der Waals surface area contributed by atoms with Crippen molar-refractivity contribution in [1.29, 1.82) is 0 Å². The molecule has 1 atom stereocenters. The summed E-state index contributed by atoms with van der Waals surface area (Å²) in [6.07, 6.45) is 4.38. The van der Waals surface area contributed by atoms with E-state index in [1.165, 1.54) is 0 Å². The van der Waals surface area contributed by atoms with E-state index in [0.29, 0.717) is 6.54 Å². The average Bonchev–Trinajstić information content (AvgIpc) is 2.49. The van der Waals surface area contributed by atoms with E-state index in [1.54, 1.807) is 17.1 Å². The summed E-state index contributed by atoms with van der Waals surface area (Å²) < 4.78 is 2.56. The monoisotopic (exact) mass is 244 g/mol. The molecule has 0 amide bonds. The number of carbonyl (C=O) groups excluding carboxylic acids is 1. The Balaban J connectivity index is 2.54. The molecule has 13 heavy (non-hydrogen) atoms. The van der Waals surface area contributed by atoms with Gasteiger partial charge in [-0.15, -0.1) is 0 Å². The van der Waals surface area contributed by atoms with Gasteiger partial charge < -0.3 is 0 Å². The first-order valence-electron chi connectivity index (χ1n) is 4.34. The van der Waals surface area contributed by atoms with Crippen LogP contribution in [0, 0.1) is 5.92 Å². The van der Waals surface area contributed by atoms with E-state index in [4.69, 9.17) is 0 Å². The maximum atomic E-state index is 11.5. The molecule has 0 fully saturated rings. The van der Waals surface area contributed by atoms with E-state index in [-0.39, 0.29) is 11.7 Å². The lowest BCUT2D eigenvalue weighted by Crippen LogP contribution is -2.17. The fourth-order valence-electron chi connectivity index (χ4n) is 0.968. The van der Waals surface area contributed by atoms with Gasteiger partial charge >= 0.3 is 0 Å². The number of Topliss-reactive ketones (excluding diaryl/α,β-unsaturated/α-hetero) is 1. The normalized spacial score (nSPS) is 12.8. The second-order valence-corrected chi connectivity index (χ2v) is 4.05. The minimum Gasteiger partial charge on any atom is -0.297 e. The molecule has 0 N–H and O–H groups in total. The summed E-state index contributed by atoms with van der Waals surface area (Å²) in [5, 5.41) is 4.02. The van der Waals surface area contributed by atoms with E-state index in [9.17, 15) is 4.79 Å². The van der Waals surface area contributed by atoms with Crippen LogP contribution in [0.5, 0.6) is 0 Å². The molecule has 4 heteroatoms. The molecule has 0 radical (unpaired) electrons. The quantitative estimate of drug-likeness (QED) is 0.815. The summed E-state index contributed by atoms with van der Waals surface area (Å²) in [7, 11) is 0. The topological polar surface area (TPSA) is 34.9 Å². The van der Waals surface area contributed by atoms with Crippen LogP contribution in [-0.4, -0.2) is 15.6 Å². The molecular weight excluding hydrogens is 232 g/mol. The Labute approximate surface area is 86.3 Å². The van der Waals surface area contributed by atoms with Crippen molar-refractivity contribution in [2.45, 2.75) is 26.8 Å². The van der Waals surface area contributed by atoms with Crippen LogP contribution in [0.3, 0.4) is 0 Å². The molecular formula is C9H13BrN2O. The Morgan fingerprint density at radius 2 is 2.46 bits per heavy atom. The first-order chi connectivity index (χ1) is 6.13. The molecule has 0 aliphatic carbocycles. The number of rotatable bonds is 4. The summed E-state index contributed by atoms with van der Waals surface area (Å²) in [6, 6.07) is 0. The van der Waals surface area contributed by atoms with Gasteiger partial charge in [0, 0.05) is 12.1 Å². The standard InChI is InChI=1S/C9H13BrN2O/c1-3-7(2)9(13)6-12-5-8(10)4-11-12/h4-5,7H,3,6H2,1-2H3. The third kappa shape index (κ3) is 2.95. The summed E-state index contributed by atoms with van der Waals surface area (Å²) >= 11 is 3.28. The molecule has 1 aromatic rings. The SMILES string of the molecule is CCC(C)C(=O)Cn1cc(Br)cn1. The fraction of sp³-hybridized carbons (Fsp3) is 0.556. The molecule has 0 bridgehead atoms. The number of carbonyl (C=O) groups is 1. The molecule has 3 nitrogen and oxygen atoms in total. The average molecular weight is 245 g/mol. The van der Waals surface area contributed by atoms with Gasteiger partial charge in [-0.1, -0.05) is 13.8 Å². The Morgan fingerprint density at radius 1 is 1.77 bits per heavy atom. The lowest BCUT2D eigenvalue weighted by atomic mass is 10.0. The van der Waals surface area contributed by atoms with E-state index >= 15 is 0 Å². The Hall–Kier alpha value is -0.640. The molecule has 72 valence electrons. The van der Waals surface area contributed by atoms with Crippen molar-refractivity contribution in [3.8, 4) is 0 Å². The predicted octanol–water partition coefficient (Wildman–Crippen LogP) is 2.26. The van der Waals surface area contributed by atoms with Gasteiger partial charge in [-0.3, -0.25) is 9.48 Å². The zero-order valence-corrected chi connectivity index (χ0v) is 9.41. The molecule has 1 unspecified atom stereocenters. The smallest absolute Gasteiger partial charge is 0.157 e. The third-order valence-corrected chi connectivity index (χ3v) is 2.49. The van der Waals surface area contributed by atoms with Crippen molar-refractivity contribution in [3.63, 3.8) is 0 Å². The summed E-state index contributed by atoms with van der Waals surface area (Å²) in [6.45, 7) is 4.34. The minimum absolute atomic E-state index is 0.128. The maximum absolute atomic E-state index is 11.5. The van der Waals surface area contributed by atoms with E-state index in [1.807, 2.05) is 13.8 Å². The molecule has 0 saturated carbocycles. The molecule has 1 rings (SSSR count). The zero-order valence-electron chi connectivity index (χ0n) is 7.83. The third-order valence-electron chi connectivity index (χ3n) is 2.08. The van der Waals surface area contributed by atoms with Crippen LogP contribution in [-0.2, 0) is 11.3 Å². The highest BCUT2D eigenvalue weighted by Crippen LogP contribution is 2.08. The van der Waals surface area contributed by atoms with Gasteiger partial charge in [0.15, 0.2) is 5.78 Å². The van der Waals surface area contributed by atoms with Gasteiger partial charge in [0.2, 0.25) is 0 Å². The second-order valence-electron chi connectivity index (χ2n) is 3.13. The van der Waals surface area contributed by atoms with Crippen molar-refractivity contribution in [3.05, 3.63) is 16.9 Å².